The zero-order valence-electron chi connectivity index (χ0n) is 12.7. The van der Waals surface area contributed by atoms with Crippen LogP contribution in [0.4, 0.5) is 5.69 Å². The molecule has 1 unspecified atom stereocenters. The van der Waals surface area contributed by atoms with E-state index in [9.17, 15) is 4.79 Å². The smallest absolute Gasteiger partial charge is 0.238 e. The molecule has 0 heterocycles. The molecule has 0 bridgehead atoms. The lowest BCUT2D eigenvalue weighted by atomic mass is 9.99. The Morgan fingerprint density at radius 1 is 1.48 bits per heavy atom. The SMILES string of the molecule is COCC(C)(CCO)NCC(=O)Nc1ccc(C)cc1Cl. The summed E-state index contributed by atoms with van der Waals surface area (Å²) >= 11 is 6.07. The first-order chi connectivity index (χ1) is 9.90. The highest BCUT2D eigenvalue weighted by molar-refractivity contribution is 6.33. The third kappa shape index (κ3) is 6.01. The van der Waals surface area contributed by atoms with Crippen LogP contribution in [-0.2, 0) is 9.53 Å². The number of methoxy groups -OCH3 is 1. The number of aryl methyl sites for hydroxylation is 1. The van der Waals surface area contributed by atoms with Crippen LogP contribution >= 0.6 is 11.6 Å². The van der Waals surface area contributed by atoms with Crippen LogP contribution in [0.15, 0.2) is 18.2 Å². The van der Waals surface area contributed by atoms with Crippen molar-refractivity contribution in [1.29, 1.82) is 0 Å². The summed E-state index contributed by atoms with van der Waals surface area (Å²) in [5.74, 6) is -0.193. The topological polar surface area (TPSA) is 70.6 Å². The van der Waals surface area contributed by atoms with E-state index in [-0.39, 0.29) is 19.1 Å². The highest BCUT2D eigenvalue weighted by Crippen LogP contribution is 2.22. The molecule has 1 atom stereocenters. The minimum Gasteiger partial charge on any atom is -0.396 e. The molecule has 118 valence electrons. The number of hydrogen-bond acceptors (Lipinski definition) is 4. The van der Waals surface area contributed by atoms with Crippen LogP contribution in [0.5, 0.6) is 0 Å². The van der Waals surface area contributed by atoms with Crippen molar-refractivity contribution in [2.24, 2.45) is 0 Å². The average molecular weight is 315 g/mol. The largest absolute Gasteiger partial charge is 0.396 e. The lowest BCUT2D eigenvalue weighted by Crippen LogP contribution is -2.49. The molecule has 1 amide bonds. The van der Waals surface area contributed by atoms with E-state index in [0.29, 0.717) is 23.7 Å². The molecule has 6 heteroatoms. The molecule has 5 nitrogen and oxygen atoms in total. The number of amides is 1. The van der Waals surface area contributed by atoms with Gasteiger partial charge in [-0.05, 0) is 38.0 Å². The number of halogens is 1. The van der Waals surface area contributed by atoms with Gasteiger partial charge in [-0.3, -0.25) is 4.79 Å². The van der Waals surface area contributed by atoms with Gasteiger partial charge in [-0.2, -0.15) is 0 Å². The Labute approximate surface area is 130 Å². The molecule has 0 radical (unpaired) electrons. The van der Waals surface area contributed by atoms with E-state index in [1.807, 2.05) is 19.9 Å². The van der Waals surface area contributed by atoms with E-state index >= 15 is 0 Å². The number of aliphatic hydroxyl groups is 1. The first-order valence-electron chi connectivity index (χ1n) is 6.81. The number of aliphatic hydroxyl groups excluding tert-OH is 1. The Hall–Kier alpha value is -1.14. The summed E-state index contributed by atoms with van der Waals surface area (Å²) in [6.07, 6.45) is 0.499. The molecule has 0 aliphatic carbocycles. The Bertz CT molecular complexity index is 474. The summed E-state index contributed by atoms with van der Waals surface area (Å²) in [5, 5.41) is 15.5. The molecule has 1 aromatic carbocycles. The van der Waals surface area contributed by atoms with Crippen LogP contribution in [-0.4, -0.2) is 43.4 Å². The number of hydrogen-bond donors (Lipinski definition) is 3. The van der Waals surface area contributed by atoms with Gasteiger partial charge in [0.2, 0.25) is 5.91 Å². The number of benzene rings is 1. The highest BCUT2D eigenvalue weighted by atomic mass is 35.5. The molecule has 0 aliphatic heterocycles. The molecule has 21 heavy (non-hydrogen) atoms. The van der Waals surface area contributed by atoms with Gasteiger partial charge in [0.15, 0.2) is 0 Å². The van der Waals surface area contributed by atoms with E-state index in [0.717, 1.165) is 5.56 Å². The summed E-state index contributed by atoms with van der Waals surface area (Å²) in [7, 11) is 1.59. The lowest BCUT2D eigenvalue weighted by Gasteiger charge is -2.29. The van der Waals surface area contributed by atoms with Gasteiger partial charge in [0, 0.05) is 19.3 Å². The fourth-order valence-electron chi connectivity index (χ4n) is 1.99. The van der Waals surface area contributed by atoms with Crippen molar-refractivity contribution in [3.63, 3.8) is 0 Å². The standard InChI is InChI=1S/C15H23ClN2O3/c1-11-4-5-13(12(16)8-11)18-14(20)9-17-15(2,6-7-19)10-21-3/h4-5,8,17,19H,6-7,9-10H2,1-3H3,(H,18,20). The van der Waals surface area contributed by atoms with Crippen LogP contribution in [0.1, 0.15) is 18.9 Å². The first-order valence-corrected chi connectivity index (χ1v) is 7.19. The molecule has 1 rings (SSSR count). The second kappa shape index (κ2) is 8.34. The predicted molar refractivity (Wildman–Crippen MR) is 84.8 cm³/mol. The maximum atomic E-state index is 12.0. The van der Waals surface area contributed by atoms with Crippen molar-refractivity contribution in [2.45, 2.75) is 25.8 Å². The average Bonchev–Trinajstić information content (AvgIpc) is 2.40. The van der Waals surface area contributed by atoms with Gasteiger partial charge >= 0.3 is 0 Å². The third-order valence-electron chi connectivity index (χ3n) is 3.20. The maximum Gasteiger partial charge on any atom is 0.238 e. The summed E-state index contributed by atoms with van der Waals surface area (Å²) < 4.78 is 5.12. The molecule has 3 N–H and O–H groups in total. The van der Waals surface area contributed by atoms with Crippen LogP contribution in [0, 0.1) is 6.92 Å². The van der Waals surface area contributed by atoms with Crippen LogP contribution < -0.4 is 10.6 Å². The van der Waals surface area contributed by atoms with Crippen molar-refractivity contribution >= 4 is 23.2 Å². The number of rotatable bonds is 8. The number of nitrogens with one attached hydrogen (secondary N) is 2. The second-order valence-electron chi connectivity index (χ2n) is 5.35. The quantitative estimate of drug-likeness (QED) is 0.686. The van der Waals surface area contributed by atoms with Gasteiger partial charge in [-0.15, -0.1) is 0 Å². The molecule has 0 saturated heterocycles. The zero-order valence-corrected chi connectivity index (χ0v) is 13.5. The van der Waals surface area contributed by atoms with Gasteiger partial charge in [-0.25, -0.2) is 0 Å². The van der Waals surface area contributed by atoms with E-state index in [1.54, 1.807) is 19.2 Å². The van der Waals surface area contributed by atoms with Crippen molar-refractivity contribution in [3.8, 4) is 0 Å². The Morgan fingerprint density at radius 3 is 2.76 bits per heavy atom. The van der Waals surface area contributed by atoms with E-state index in [1.165, 1.54) is 0 Å². The third-order valence-corrected chi connectivity index (χ3v) is 3.51. The summed E-state index contributed by atoms with van der Waals surface area (Å²) in [4.78, 5) is 12.0. The zero-order chi connectivity index (χ0) is 15.9. The molecular weight excluding hydrogens is 292 g/mol. The molecule has 0 saturated carbocycles. The first kappa shape index (κ1) is 17.9. The van der Waals surface area contributed by atoms with Gasteiger partial charge in [0.1, 0.15) is 0 Å². The second-order valence-corrected chi connectivity index (χ2v) is 5.76. The minimum atomic E-state index is -0.447. The Morgan fingerprint density at radius 2 is 2.19 bits per heavy atom. The fraction of sp³-hybridized carbons (Fsp3) is 0.533. The minimum absolute atomic E-state index is 0.0261. The Balaban J connectivity index is 2.56. The molecular formula is C15H23ClN2O3. The van der Waals surface area contributed by atoms with Gasteiger partial charge < -0.3 is 20.5 Å². The summed E-state index contributed by atoms with van der Waals surface area (Å²) in [6.45, 7) is 4.39. The summed E-state index contributed by atoms with van der Waals surface area (Å²) in [5.41, 5.74) is 1.18. The highest BCUT2D eigenvalue weighted by Gasteiger charge is 2.24. The van der Waals surface area contributed by atoms with Gasteiger partial charge in [-0.1, -0.05) is 17.7 Å². The number of carbonyl (C=O) groups is 1. The number of carbonyl (C=O) groups excluding carboxylic acids is 1. The van der Waals surface area contributed by atoms with Crippen LogP contribution in [0.3, 0.4) is 0 Å². The normalized spacial score (nSPS) is 13.8. The lowest BCUT2D eigenvalue weighted by molar-refractivity contribution is -0.115. The van der Waals surface area contributed by atoms with Gasteiger partial charge in [0.05, 0.1) is 23.9 Å². The summed E-state index contributed by atoms with van der Waals surface area (Å²) in [6, 6.07) is 5.46. The number of ether oxygens (including phenoxy) is 1. The van der Waals surface area contributed by atoms with E-state index in [2.05, 4.69) is 10.6 Å². The molecule has 0 fully saturated rings. The van der Waals surface area contributed by atoms with Crippen LogP contribution in [0.2, 0.25) is 5.02 Å². The maximum absolute atomic E-state index is 12.0. The van der Waals surface area contributed by atoms with Crippen molar-refractivity contribution < 1.29 is 14.6 Å². The van der Waals surface area contributed by atoms with Crippen molar-refractivity contribution in [2.75, 3.05) is 32.2 Å². The predicted octanol–water partition coefficient (Wildman–Crippen LogP) is 1.96. The van der Waals surface area contributed by atoms with Gasteiger partial charge in [0.25, 0.3) is 0 Å². The van der Waals surface area contributed by atoms with Crippen molar-refractivity contribution in [3.05, 3.63) is 28.8 Å². The van der Waals surface area contributed by atoms with E-state index in [4.69, 9.17) is 21.4 Å². The fourth-order valence-corrected chi connectivity index (χ4v) is 2.27. The van der Waals surface area contributed by atoms with Crippen LogP contribution in [0.25, 0.3) is 0 Å². The van der Waals surface area contributed by atoms with E-state index < -0.39 is 5.54 Å². The number of anilines is 1. The van der Waals surface area contributed by atoms with Crippen molar-refractivity contribution in [1.82, 2.24) is 5.32 Å². The molecule has 0 spiro atoms. The molecule has 0 aliphatic rings. The molecule has 0 aromatic heterocycles. The Kier molecular flexibility index (Phi) is 7.11. The molecule has 1 aromatic rings. The monoisotopic (exact) mass is 314 g/mol.